The molecule has 0 aromatic heterocycles. The van der Waals surface area contributed by atoms with Gasteiger partial charge in [-0.2, -0.15) is 13.2 Å². The third-order valence-electron chi connectivity index (χ3n) is 6.31. The van der Waals surface area contributed by atoms with Crippen LogP contribution in [0.4, 0.5) is 18.9 Å². The van der Waals surface area contributed by atoms with E-state index in [1.165, 1.54) is 4.90 Å². The number of nitrogens with zero attached hydrogens (tertiary/aromatic N) is 2. The van der Waals surface area contributed by atoms with Crippen molar-refractivity contribution in [2.24, 2.45) is 0 Å². The van der Waals surface area contributed by atoms with Crippen molar-refractivity contribution in [1.29, 1.82) is 0 Å². The van der Waals surface area contributed by atoms with Gasteiger partial charge in [0.15, 0.2) is 0 Å². The minimum atomic E-state index is -4.79. The second-order valence-electron chi connectivity index (χ2n) is 9.58. The molecule has 3 aromatic rings. The van der Waals surface area contributed by atoms with E-state index in [2.05, 4.69) is 5.32 Å². The molecular weight excluding hydrogens is 614 g/mol. The van der Waals surface area contributed by atoms with Crippen LogP contribution in [0.5, 0.6) is 0 Å². The van der Waals surface area contributed by atoms with E-state index in [1.54, 1.807) is 54.6 Å². The van der Waals surface area contributed by atoms with Crippen LogP contribution in [-0.4, -0.2) is 50.5 Å². The summed E-state index contributed by atoms with van der Waals surface area (Å²) >= 11 is 12.2. The number of carbonyl (C=O) groups excluding carboxylic acids is 2. The van der Waals surface area contributed by atoms with E-state index in [-0.39, 0.29) is 18.0 Å². The molecule has 0 spiro atoms. The lowest BCUT2D eigenvalue weighted by Gasteiger charge is -2.33. The van der Waals surface area contributed by atoms with Gasteiger partial charge in [-0.05, 0) is 47.9 Å². The predicted octanol–water partition coefficient (Wildman–Crippen LogP) is 5.94. The Hall–Kier alpha value is -3.28. The smallest absolute Gasteiger partial charge is 0.354 e. The fourth-order valence-electron chi connectivity index (χ4n) is 4.18. The summed E-state index contributed by atoms with van der Waals surface area (Å²) in [6, 6.07) is 16.6. The zero-order valence-corrected chi connectivity index (χ0v) is 25.2. The minimum Gasteiger partial charge on any atom is -0.354 e. The first kappa shape index (κ1) is 33.2. The van der Waals surface area contributed by atoms with E-state index in [1.807, 2.05) is 6.92 Å². The third kappa shape index (κ3) is 9.11. The lowest BCUT2D eigenvalue weighted by atomic mass is 10.0. The molecule has 0 bridgehead atoms. The Morgan fingerprint density at radius 2 is 1.60 bits per heavy atom. The molecule has 3 rings (SSSR count). The van der Waals surface area contributed by atoms with Crippen molar-refractivity contribution < 1.29 is 31.2 Å². The molecule has 0 aliphatic heterocycles. The quantitative estimate of drug-likeness (QED) is 0.264. The van der Waals surface area contributed by atoms with Crippen molar-refractivity contribution in [1.82, 2.24) is 10.2 Å². The maximum Gasteiger partial charge on any atom is 0.416 e. The molecule has 0 fully saturated rings. The van der Waals surface area contributed by atoms with E-state index in [9.17, 15) is 31.2 Å². The summed E-state index contributed by atoms with van der Waals surface area (Å²) in [6.07, 6.45) is -3.30. The number of benzene rings is 3. The minimum absolute atomic E-state index is 0.0961. The first-order chi connectivity index (χ1) is 19.7. The average molecular weight is 645 g/mol. The van der Waals surface area contributed by atoms with E-state index in [4.69, 9.17) is 23.2 Å². The van der Waals surface area contributed by atoms with Crippen molar-refractivity contribution in [3.05, 3.63) is 99.5 Å². The number of alkyl halides is 3. The molecule has 2 amide bonds. The highest BCUT2D eigenvalue weighted by molar-refractivity contribution is 7.92. The predicted molar refractivity (Wildman–Crippen MR) is 158 cm³/mol. The average Bonchev–Trinajstić information content (AvgIpc) is 2.93. The van der Waals surface area contributed by atoms with E-state index >= 15 is 0 Å². The SMILES string of the molecule is CCCNC(=O)[C@H](Cc1ccccc1)N(Cc1ccc(Cl)cc1)C(=O)CN(c1cc(C(F)(F)F)ccc1Cl)S(C)(=O)=O. The van der Waals surface area contributed by atoms with Crippen LogP contribution < -0.4 is 9.62 Å². The molecule has 1 N–H and O–H groups in total. The molecule has 0 aliphatic rings. The first-order valence-electron chi connectivity index (χ1n) is 12.9. The monoisotopic (exact) mass is 643 g/mol. The Balaban J connectivity index is 2.09. The van der Waals surface area contributed by atoms with Crippen LogP contribution in [0.25, 0.3) is 0 Å². The number of nitrogens with one attached hydrogen (secondary N) is 1. The van der Waals surface area contributed by atoms with Gasteiger partial charge in [-0.3, -0.25) is 13.9 Å². The summed E-state index contributed by atoms with van der Waals surface area (Å²) in [6.45, 7) is 1.19. The van der Waals surface area contributed by atoms with Gasteiger partial charge in [0.2, 0.25) is 21.8 Å². The lowest BCUT2D eigenvalue weighted by Crippen LogP contribution is -2.53. The molecule has 7 nitrogen and oxygen atoms in total. The Kier molecular flexibility index (Phi) is 11.3. The van der Waals surface area contributed by atoms with Gasteiger partial charge in [0.05, 0.1) is 22.5 Å². The van der Waals surface area contributed by atoms with Crippen LogP contribution in [0.3, 0.4) is 0 Å². The molecule has 0 unspecified atom stereocenters. The zero-order valence-electron chi connectivity index (χ0n) is 22.9. The number of carbonyl (C=O) groups is 2. The summed E-state index contributed by atoms with van der Waals surface area (Å²) in [5, 5.41) is 2.95. The van der Waals surface area contributed by atoms with Crippen molar-refractivity contribution in [2.45, 2.75) is 38.5 Å². The molecule has 0 radical (unpaired) electrons. The number of hydrogen-bond acceptors (Lipinski definition) is 4. The van der Waals surface area contributed by atoms with Crippen molar-refractivity contribution in [2.75, 3.05) is 23.7 Å². The van der Waals surface area contributed by atoms with Gasteiger partial charge >= 0.3 is 6.18 Å². The summed E-state index contributed by atoms with van der Waals surface area (Å²) in [4.78, 5) is 28.7. The molecular formula is C29H30Cl2F3N3O4S. The van der Waals surface area contributed by atoms with Crippen LogP contribution in [0, 0.1) is 0 Å². The largest absolute Gasteiger partial charge is 0.416 e. The molecule has 0 aliphatic carbocycles. The third-order valence-corrected chi connectivity index (χ3v) is 8.01. The molecule has 42 heavy (non-hydrogen) atoms. The van der Waals surface area contributed by atoms with Gasteiger partial charge in [-0.15, -0.1) is 0 Å². The lowest BCUT2D eigenvalue weighted by molar-refractivity contribution is -0.140. The van der Waals surface area contributed by atoms with Crippen LogP contribution in [0.1, 0.15) is 30.0 Å². The molecule has 3 aromatic carbocycles. The van der Waals surface area contributed by atoms with Crippen molar-refractivity contribution >= 4 is 50.7 Å². The van der Waals surface area contributed by atoms with Crippen LogP contribution in [0.15, 0.2) is 72.8 Å². The molecule has 0 heterocycles. The maximum absolute atomic E-state index is 14.0. The van der Waals surface area contributed by atoms with Crippen LogP contribution in [0.2, 0.25) is 10.0 Å². The number of anilines is 1. The zero-order chi connectivity index (χ0) is 31.1. The Labute approximate surface area is 253 Å². The van der Waals surface area contributed by atoms with Gasteiger partial charge in [-0.1, -0.05) is 72.6 Å². The van der Waals surface area contributed by atoms with Gasteiger partial charge in [-0.25, -0.2) is 8.42 Å². The molecule has 1 atom stereocenters. The van der Waals surface area contributed by atoms with Crippen molar-refractivity contribution in [3.8, 4) is 0 Å². The van der Waals surface area contributed by atoms with E-state index < -0.39 is 51.9 Å². The standard InChI is InChI=1S/C29H30Cl2F3N3O4S/c1-3-15-35-28(39)26(16-20-7-5-4-6-8-20)36(18-21-9-12-23(30)13-10-21)27(38)19-37(42(2,40)41)25-17-22(29(32,33)34)11-14-24(25)31/h4-14,17,26H,3,15-16,18-19H2,1-2H3,(H,35,39)/t26-/m0/s1. The number of rotatable bonds is 12. The molecule has 226 valence electrons. The fourth-order valence-corrected chi connectivity index (χ4v) is 5.43. The first-order valence-corrected chi connectivity index (χ1v) is 15.5. The maximum atomic E-state index is 14.0. The molecule has 0 saturated carbocycles. The summed E-state index contributed by atoms with van der Waals surface area (Å²) in [5.74, 6) is -1.29. The highest BCUT2D eigenvalue weighted by Gasteiger charge is 2.35. The molecule has 13 heteroatoms. The van der Waals surface area contributed by atoms with Gasteiger partial charge in [0, 0.05) is 24.5 Å². The highest BCUT2D eigenvalue weighted by Crippen LogP contribution is 2.36. The van der Waals surface area contributed by atoms with E-state index in [0.29, 0.717) is 33.9 Å². The second kappa shape index (κ2) is 14.3. The number of halogens is 5. The Bertz CT molecular complexity index is 1490. The van der Waals surface area contributed by atoms with Crippen LogP contribution >= 0.6 is 23.2 Å². The summed E-state index contributed by atoms with van der Waals surface area (Å²) in [7, 11) is -4.31. The Morgan fingerprint density at radius 1 is 0.952 bits per heavy atom. The van der Waals surface area contributed by atoms with E-state index in [0.717, 1.165) is 24.0 Å². The summed E-state index contributed by atoms with van der Waals surface area (Å²) in [5.41, 5.74) is -0.313. The van der Waals surface area contributed by atoms with Gasteiger partial charge in [0.25, 0.3) is 0 Å². The molecule has 0 saturated heterocycles. The van der Waals surface area contributed by atoms with Gasteiger partial charge < -0.3 is 10.2 Å². The topological polar surface area (TPSA) is 86.8 Å². The highest BCUT2D eigenvalue weighted by atomic mass is 35.5. The number of sulfonamides is 1. The van der Waals surface area contributed by atoms with Gasteiger partial charge in [0.1, 0.15) is 12.6 Å². The summed E-state index contributed by atoms with van der Waals surface area (Å²) < 4.78 is 66.7. The normalized spacial score (nSPS) is 12.5. The van der Waals surface area contributed by atoms with Crippen molar-refractivity contribution in [3.63, 3.8) is 0 Å². The Morgan fingerprint density at radius 3 is 2.17 bits per heavy atom. The number of hydrogen-bond donors (Lipinski definition) is 1. The second-order valence-corrected chi connectivity index (χ2v) is 12.3. The fraction of sp³-hybridized carbons (Fsp3) is 0.310. The number of amides is 2. The van der Waals surface area contributed by atoms with Crippen LogP contribution in [-0.2, 0) is 38.8 Å².